The minimum Gasteiger partial charge on any atom is -0.254 e. The molecule has 484 valence electrons. The fourth-order valence-electron chi connectivity index (χ4n) is 14.2. The van der Waals surface area contributed by atoms with Crippen molar-refractivity contribution < 1.29 is 0 Å². The predicted octanol–water partition coefficient (Wildman–Crippen LogP) is 24.4. The summed E-state index contributed by atoms with van der Waals surface area (Å²) in [5.74, 6) is 0. The molecule has 0 aliphatic rings. The molecule has 0 atom stereocenters. The van der Waals surface area contributed by atoms with E-state index in [0.29, 0.717) is 0 Å². The van der Waals surface area contributed by atoms with Gasteiger partial charge in [-0.15, -0.1) is 0 Å². The highest BCUT2D eigenvalue weighted by Crippen LogP contribution is 2.36. The molecular weight excluding hydrogens is 1270 g/mol. The van der Waals surface area contributed by atoms with Crippen molar-refractivity contribution in [1.29, 1.82) is 0 Å². The van der Waals surface area contributed by atoms with Crippen LogP contribution < -0.4 is 0 Å². The monoisotopic (exact) mass is 1320 g/mol. The van der Waals surface area contributed by atoms with Crippen molar-refractivity contribution in [2.24, 2.45) is 0 Å². The van der Waals surface area contributed by atoms with E-state index in [-0.39, 0.29) is 0 Å². The minimum absolute atomic E-state index is 0.920. The first-order chi connectivity index (χ1) is 51.4. The Kier molecular flexibility index (Phi) is 15.4. The highest BCUT2D eigenvalue weighted by Gasteiger charge is 2.15. The lowest BCUT2D eigenvalue weighted by atomic mass is 9.99. The Hall–Kier alpha value is -14.1. The zero-order chi connectivity index (χ0) is 68.9. The first kappa shape index (κ1) is 61.0. The maximum absolute atomic E-state index is 5.11. The zero-order valence-electron chi connectivity index (χ0n) is 56.2. The largest absolute Gasteiger partial charge is 0.254 e. The van der Waals surface area contributed by atoms with Gasteiger partial charge in [-0.2, -0.15) is 0 Å². The van der Waals surface area contributed by atoms with Crippen molar-refractivity contribution in [1.82, 2.24) is 39.9 Å². The summed E-state index contributed by atoms with van der Waals surface area (Å²) in [7, 11) is 0. The SMILES string of the molecule is c1ccc(-c2ccc(-c3ccc4cc(-c5ccc6ccc(-c7ccc(-c8ccc9ccc%10cccnc%10c9n8)cc7)nc6c5)ccc4n3)cc2)cc1.c1ccc(-c2cccc(-c3ccc4cc(-c5ccc6ccc(-c7ccc(-c8ccc9ccc%10cccnc%10c9n8)cc7)nc6c5)ccc4n3)c2)cc1. The lowest BCUT2D eigenvalue weighted by molar-refractivity contribution is 1.36. The van der Waals surface area contributed by atoms with Crippen molar-refractivity contribution in [3.63, 3.8) is 0 Å². The van der Waals surface area contributed by atoms with E-state index < -0.39 is 0 Å². The van der Waals surface area contributed by atoms with E-state index in [0.717, 1.165) is 177 Å². The third-order valence-corrected chi connectivity index (χ3v) is 19.8. The lowest BCUT2D eigenvalue weighted by Crippen LogP contribution is -1.90. The van der Waals surface area contributed by atoms with Gasteiger partial charge < -0.3 is 0 Å². The summed E-state index contributed by atoms with van der Waals surface area (Å²) >= 11 is 0. The molecule has 0 spiro atoms. The molecule has 0 fully saturated rings. The van der Waals surface area contributed by atoms with Crippen LogP contribution in [0.25, 0.3) is 199 Å². The van der Waals surface area contributed by atoms with Gasteiger partial charge in [-0.05, 0) is 136 Å². The van der Waals surface area contributed by atoms with Crippen LogP contribution in [0.1, 0.15) is 0 Å². The van der Waals surface area contributed by atoms with Gasteiger partial charge >= 0.3 is 0 Å². The second-order valence-corrected chi connectivity index (χ2v) is 26.3. The number of pyridine rings is 8. The van der Waals surface area contributed by atoms with Gasteiger partial charge in [0, 0.05) is 88.9 Å². The average molecular weight is 1330 g/mol. The fourth-order valence-corrected chi connectivity index (χ4v) is 14.2. The van der Waals surface area contributed by atoms with Gasteiger partial charge in [0.1, 0.15) is 0 Å². The van der Waals surface area contributed by atoms with Gasteiger partial charge in [-0.25, -0.2) is 29.9 Å². The van der Waals surface area contributed by atoms with Crippen molar-refractivity contribution in [2.45, 2.75) is 0 Å². The molecule has 20 aromatic rings. The summed E-state index contributed by atoms with van der Waals surface area (Å²) in [4.78, 5) is 39.5. The smallest absolute Gasteiger partial charge is 0.0972 e. The summed E-state index contributed by atoms with van der Waals surface area (Å²) in [6, 6.07) is 123. The Morgan fingerprint density at radius 3 is 0.856 bits per heavy atom. The normalized spacial score (nSPS) is 11.5. The second kappa shape index (κ2) is 26.2. The van der Waals surface area contributed by atoms with Crippen LogP contribution in [0, 0.1) is 0 Å². The predicted molar refractivity (Wildman–Crippen MR) is 430 cm³/mol. The highest BCUT2D eigenvalue weighted by atomic mass is 14.8. The maximum Gasteiger partial charge on any atom is 0.0972 e. The molecule has 0 N–H and O–H groups in total. The summed E-state index contributed by atoms with van der Waals surface area (Å²) in [6.45, 7) is 0. The number of hydrogen-bond acceptors (Lipinski definition) is 8. The van der Waals surface area contributed by atoms with E-state index in [1.807, 2.05) is 36.7 Å². The van der Waals surface area contributed by atoms with E-state index in [2.05, 4.69) is 338 Å². The second-order valence-electron chi connectivity index (χ2n) is 26.3. The fraction of sp³-hybridized carbons (Fsp3) is 0. The molecule has 12 aromatic carbocycles. The molecule has 0 bridgehead atoms. The van der Waals surface area contributed by atoms with E-state index in [9.17, 15) is 0 Å². The molecular formula is C96H60N8. The van der Waals surface area contributed by atoms with Gasteiger partial charge in [-0.3, -0.25) is 9.97 Å². The van der Waals surface area contributed by atoms with Gasteiger partial charge in [0.15, 0.2) is 0 Å². The molecule has 104 heavy (non-hydrogen) atoms. The van der Waals surface area contributed by atoms with Crippen LogP contribution in [0.3, 0.4) is 0 Å². The molecule has 8 nitrogen and oxygen atoms in total. The molecule has 20 rings (SSSR count). The van der Waals surface area contributed by atoms with Crippen LogP contribution in [0.2, 0.25) is 0 Å². The number of fused-ring (bicyclic) bond motifs is 10. The van der Waals surface area contributed by atoms with Crippen LogP contribution in [0.4, 0.5) is 0 Å². The topological polar surface area (TPSA) is 103 Å². The molecule has 0 amide bonds. The minimum atomic E-state index is 0.920. The van der Waals surface area contributed by atoms with E-state index in [4.69, 9.17) is 29.9 Å². The summed E-state index contributed by atoms with van der Waals surface area (Å²) in [5, 5.41) is 8.78. The summed E-state index contributed by atoms with van der Waals surface area (Å²) < 4.78 is 0. The van der Waals surface area contributed by atoms with Gasteiger partial charge in [0.2, 0.25) is 0 Å². The van der Waals surface area contributed by atoms with Crippen LogP contribution in [-0.2, 0) is 0 Å². The molecule has 8 heterocycles. The Bertz CT molecular complexity index is 6700. The Balaban J connectivity index is 0.000000143. The van der Waals surface area contributed by atoms with Crippen molar-refractivity contribution in [2.75, 3.05) is 0 Å². The third kappa shape index (κ3) is 11.9. The quantitative estimate of drug-likeness (QED) is 0.125. The van der Waals surface area contributed by atoms with E-state index in [1.165, 1.54) is 22.3 Å². The van der Waals surface area contributed by atoms with Crippen LogP contribution in [-0.4, -0.2) is 39.9 Å². The van der Waals surface area contributed by atoms with Crippen LogP contribution >= 0.6 is 0 Å². The third-order valence-electron chi connectivity index (χ3n) is 19.8. The van der Waals surface area contributed by atoms with E-state index >= 15 is 0 Å². The van der Waals surface area contributed by atoms with Gasteiger partial charge in [0.05, 0.1) is 78.3 Å². The Morgan fingerprint density at radius 2 is 0.413 bits per heavy atom. The van der Waals surface area contributed by atoms with Crippen molar-refractivity contribution in [3.05, 3.63) is 364 Å². The summed E-state index contributed by atoms with van der Waals surface area (Å²) in [6.07, 6.45) is 3.65. The number of nitrogens with zero attached hydrogens (tertiary/aromatic N) is 8. The zero-order valence-corrected chi connectivity index (χ0v) is 56.2. The molecule has 0 aliphatic heterocycles. The molecule has 0 aliphatic carbocycles. The molecule has 8 aromatic heterocycles. The number of hydrogen-bond donors (Lipinski definition) is 0. The molecule has 0 saturated heterocycles. The van der Waals surface area contributed by atoms with Crippen molar-refractivity contribution in [3.8, 4) is 112 Å². The number of aromatic nitrogens is 8. The number of benzene rings is 12. The Labute approximate surface area is 599 Å². The van der Waals surface area contributed by atoms with Crippen LogP contribution in [0.5, 0.6) is 0 Å². The summed E-state index contributed by atoms with van der Waals surface area (Å²) in [5.41, 5.74) is 29.0. The van der Waals surface area contributed by atoms with E-state index in [1.54, 1.807) is 0 Å². The standard InChI is InChI=1S/2C48H30N4/c1-2-6-31(7-3-1)37-8-4-9-40(28-37)44-26-22-41-29-38(21-25-45(41)50-44)39-18-15-34-19-23-42(51-46(34)30-39)32-11-13-33(14-12-32)43-24-20-36-17-16-35-10-5-27-49-47(35)48(36)52-43;1-2-5-31(6-3-1)32-8-10-33(11-9-32)42-27-23-41-29-39(22-26-45(41)50-42)40-19-16-36-20-24-43(51-46(36)30-40)34-12-14-35(15-13-34)44-25-21-38-18-17-37-7-4-28-49-47(37)48(38)52-44/h2*1-30H. The highest BCUT2D eigenvalue weighted by molar-refractivity contribution is 6.05. The average Bonchev–Trinajstić information content (AvgIpc) is 0.789. The molecule has 0 radical (unpaired) electrons. The Morgan fingerprint density at radius 1 is 0.135 bits per heavy atom. The maximum atomic E-state index is 5.11. The van der Waals surface area contributed by atoms with Gasteiger partial charge in [-0.1, -0.05) is 261 Å². The first-order valence-electron chi connectivity index (χ1n) is 34.9. The number of rotatable bonds is 10. The van der Waals surface area contributed by atoms with Gasteiger partial charge in [0.25, 0.3) is 0 Å². The lowest BCUT2D eigenvalue weighted by Gasteiger charge is -2.09. The molecule has 0 unspecified atom stereocenters. The van der Waals surface area contributed by atoms with Crippen molar-refractivity contribution >= 4 is 87.2 Å². The molecule has 0 saturated carbocycles. The molecule has 8 heteroatoms. The van der Waals surface area contributed by atoms with Crippen LogP contribution in [0.15, 0.2) is 364 Å². The first-order valence-corrected chi connectivity index (χ1v) is 34.9.